The van der Waals surface area contributed by atoms with E-state index in [9.17, 15) is 0 Å². The van der Waals surface area contributed by atoms with Gasteiger partial charge in [-0.1, -0.05) is 0 Å². The van der Waals surface area contributed by atoms with Crippen LogP contribution in [0.5, 0.6) is 0 Å². The molecule has 0 bridgehead atoms. The molecule has 0 atom stereocenters. The molecule has 1 radical (unpaired) electrons. The van der Waals surface area contributed by atoms with Crippen molar-refractivity contribution in [3.63, 3.8) is 0 Å². The Hall–Kier alpha value is -1.99. The third-order valence-corrected chi connectivity index (χ3v) is 0. The predicted octanol–water partition coefficient (Wildman–Crippen LogP) is 1.25. The molecule has 0 aliphatic heterocycles. The molecule has 8 heteroatoms. The molecule has 67 valence electrons. The molecule has 0 saturated carbocycles. The normalized spacial score (nSPS) is 1.33. The largest absolute Gasteiger partial charge is 0.512 e. The fraction of sp³-hybridized carbons (Fsp3) is 0. The van der Waals surface area contributed by atoms with Gasteiger partial charge in [0.25, 0.3) is 0 Å². The molecule has 0 aliphatic rings. The van der Waals surface area contributed by atoms with Crippen molar-refractivity contribution in [2.45, 2.75) is 0 Å². The fourth-order valence-corrected chi connectivity index (χ4v) is 0. The second-order valence-electron chi connectivity index (χ2n) is 0.0894. The molecule has 0 saturated heterocycles. The molecule has 0 heterocycles. The maximum absolute atomic E-state index is 6.75. The van der Waals surface area contributed by atoms with Gasteiger partial charge >= 0.3 is 0 Å². The first-order valence-corrected chi connectivity index (χ1v) is 1.29. The Kier molecular flexibility index (Phi) is 2490. The summed E-state index contributed by atoms with van der Waals surface area (Å²) in [5, 5.41) is 25.0. The quantitative estimate of drug-likeness (QED) is 0.213. The Morgan fingerprint density at radius 3 is 0.667 bits per heavy atom. The van der Waals surface area contributed by atoms with Crippen LogP contribution in [-0.4, -0.2) is 0 Å². The van der Waals surface area contributed by atoms with Crippen molar-refractivity contribution in [1.82, 2.24) is 0 Å². The number of hydrogen-bond acceptors (Lipinski definition) is 4. The van der Waals surface area contributed by atoms with Gasteiger partial charge < -0.3 is 58.4 Å². The van der Waals surface area contributed by atoms with E-state index < -0.39 is 0 Å². The van der Waals surface area contributed by atoms with Crippen molar-refractivity contribution in [3.05, 3.63) is 42.3 Å². The number of rotatable bonds is 0. The maximum atomic E-state index is 6.75. The standard InChI is InChI=1S/4CN.Au.N3/c4*1-2;;1-3-2/q4*-1;;-1. The van der Waals surface area contributed by atoms with Gasteiger partial charge in [-0.2, -0.15) is 0 Å². The molecule has 0 aromatic rings. The van der Waals surface area contributed by atoms with Gasteiger partial charge in [0.15, 0.2) is 0 Å². The van der Waals surface area contributed by atoms with Gasteiger partial charge in [-0.25, -0.2) is 0 Å². The van der Waals surface area contributed by atoms with Gasteiger partial charge in [-0.3, -0.25) is 4.91 Å². The summed E-state index contributed by atoms with van der Waals surface area (Å²) in [5.41, 5.74) is 13.5. The van der Waals surface area contributed by atoms with Gasteiger partial charge in [-0.15, -0.1) is 0 Å². The van der Waals surface area contributed by atoms with Crippen molar-refractivity contribution in [3.8, 4) is 0 Å². The minimum absolute atomic E-state index is 0. The first-order valence-electron chi connectivity index (χ1n) is 1.29. The topological polar surface area (TPSA) is 154 Å². The van der Waals surface area contributed by atoms with E-state index in [-0.39, 0.29) is 22.4 Å². The number of hydrogen-bond donors (Lipinski definition) is 0. The van der Waals surface area contributed by atoms with Crippen molar-refractivity contribution >= 4 is 0 Å². The van der Waals surface area contributed by atoms with Gasteiger partial charge in [0.1, 0.15) is 0 Å². The van der Waals surface area contributed by atoms with Crippen LogP contribution in [0, 0.1) is 47.3 Å². The monoisotopic (exact) mass is 343 g/mol. The summed E-state index contributed by atoms with van der Waals surface area (Å²) >= 11 is 0. The Bertz CT molecular complexity index is 112. The van der Waals surface area contributed by atoms with E-state index in [2.05, 4.69) is 0 Å². The zero-order chi connectivity index (χ0) is 10.7. The molecule has 7 nitrogen and oxygen atoms in total. The molecule has 12 heavy (non-hydrogen) atoms. The Morgan fingerprint density at radius 1 is 0.667 bits per heavy atom. The minimum Gasteiger partial charge on any atom is -0.512 e. The van der Waals surface area contributed by atoms with Gasteiger partial charge in [-0.05, 0) is 0 Å². The molecule has 0 unspecified atom stereocenters. The van der Waals surface area contributed by atoms with Crippen LogP contribution in [0.1, 0.15) is 0 Å². The fourth-order valence-electron chi connectivity index (χ4n) is 0. The zero-order valence-electron chi connectivity index (χ0n) is 5.43. The van der Waals surface area contributed by atoms with Gasteiger partial charge in [0, 0.05) is 22.4 Å². The third-order valence-electron chi connectivity index (χ3n) is 0. The van der Waals surface area contributed by atoms with Crippen molar-refractivity contribution in [2.75, 3.05) is 0 Å². The summed E-state index contributed by atoms with van der Waals surface area (Å²) < 4.78 is 0. The van der Waals surface area contributed by atoms with Crippen LogP contribution in [0.4, 0.5) is 0 Å². The average Bonchev–Trinajstić information content (AvgIpc) is 2.18. The van der Waals surface area contributed by atoms with Crippen LogP contribution >= 0.6 is 0 Å². The molecule has 0 aromatic heterocycles. The third kappa shape index (κ3) is 99.4. The molecule has 0 aliphatic carbocycles. The predicted molar refractivity (Wildman–Crippen MR) is 29.9 cm³/mol. The molecule has 0 aromatic carbocycles. The molecular weight excluding hydrogens is 343 g/mol. The summed E-state index contributed by atoms with van der Waals surface area (Å²) in [6.07, 6.45) is 0. The van der Waals surface area contributed by atoms with E-state index >= 15 is 0 Å². The minimum atomic E-state index is 0. The van der Waals surface area contributed by atoms with E-state index in [4.69, 9.17) is 58.4 Å². The number of nitrogens with zero attached hydrogens (tertiary/aromatic N) is 7. The smallest absolute Gasteiger partial charge is 0 e. The molecule has 0 N–H and O–H groups in total. The summed E-state index contributed by atoms with van der Waals surface area (Å²) in [6, 6.07) is 0. The second kappa shape index (κ2) is 590. The summed E-state index contributed by atoms with van der Waals surface area (Å²) in [7, 11) is 0. The second-order valence-corrected chi connectivity index (χ2v) is 0.0894. The van der Waals surface area contributed by atoms with Crippen LogP contribution in [0.25, 0.3) is 16.0 Å². The van der Waals surface area contributed by atoms with E-state index in [1.54, 1.807) is 0 Å². The van der Waals surface area contributed by atoms with E-state index in [0.29, 0.717) is 0 Å². The van der Waals surface area contributed by atoms with Crippen LogP contribution in [0.2, 0.25) is 0 Å². The Morgan fingerprint density at radius 2 is 0.667 bits per heavy atom. The van der Waals surface area contributed by atoms with Crippen molar-refractivity contribution in [1.29, 1.82) is 21.0 Å². The van der Waals surface area contributed by atoms with Crippen molar-refractivity contribution in [2.24, 2.45) is 0 Å². The summed E-state index contributed by atoms with van der Waals surface area (Å²) in [5.74, 6) is 0. The van der Waals surface area contributed by atoms with Crippen LogP contribution in [0.15, 0.2) is 0 Å². The summed E-state index contributed by atoms with van der Waals surface area (Å²) in [6.45, 7) is 19.0. The van der Waals surface area contributed by atoms with Crippen molar-refractivity contribution < 1.29 is 22.4 Å². The Balaban J connectivity index is -0.00000000933. The van der Waals surface area contributed by atoms with Crippen LogP contribution < -0.4 is 0 Å². The van der Waals surface area contributed by atoms with Crippen LogP contribution in [0.3, 0.4) is 0 Å². The van der Waals surface area contributed by atoms with E-state index in [1.807, 2.05) is 0 Å². The first kappa shape index (κ1) is 50.5. The van der Waals surface area contributed by atoms with Gasteiger partial charge in [0.2, 0.25) is 0 Å². The molecule has 0 fully saturated rings. The molecule has 0 amide bonds. The summed E-state index contributed by atoms with van der Waals surface area (Å²) in [4.78, 5) is 1.50. The van der Waals surface area contributed by atoms with Crippen LogP contribution in [-0.2, 0) is 22.4 Å². The SMILES string of the molecule is [Au].[C-]#N.[C-]#N.[C-]#N.[C-]#N.[N-]=[N+]=[N-]. The maximum Gasteiger partial charge on any atom is 0 e. The molecular formula is C4AuN7-5. The molecule has 0 rings (SSSR count). The Labute approximate surface area is 86.0 Å². The van der Waals surface area contributed by atoms with Gasteiger partial charge in [0.05, 0.1) is 0 Å². The van der Waals surface area contributed by atoms with E-state index in [1.165, 1.54) is 4.91 Å². The molecule has 0 spiro atoms. The van der Waals surface area contributed by atoms with E-state index in [0.717, 1.165) is 0 Å². The average molecular weight is 343 g/mol. The zero-order valence-corrected chi connectivity index (χ0v) is 7.60. The first-order chi connectivity index (χ1) is 5.41.